The minimum absolute atomic E-state index is 0.0691. The van der Waals surface area contributed by atoms with Crippen LogP contribution in [0.4, 0.5) is 4.39 Å². The van der Waals surface area contributed by atoms with Crippen LogP contribution in [0.1, 0.15) is 96.3 Å². The standard InChI is InChI=1S/C54H71FN10O8S/c1-34-8-13-46-42(29-34)35(2)30-41-16-22-65-50(59-41)43(31-58-65)53(69)63(32-36(3)73-46)23-18-57-47(66)17-25-71-27-28-72-26-24-62-20-14-38(15-21-62)48(61-51(68)37(4)56-5)54(70)64-19-6-7-45(64)52-60-44(33-74-52)49(67)39-9-11-40(55)12-10-39/h8-13,16,22,29,31,35-38,44-45,48,56H,6-7,14-15,17-21,23-28,30,32-33H2,1-5H3,(H,57,66)(H,61,68)/t35-,36-,37-,44?,45-,48-/m0/s1. The van der Waals surface area contributed by atoms with Gasteiger partial charge >= 0.3 is 0 Å². The zero-order chi connectivity index (χ0) is 52.3. The fraction of sp³-hybridized carbons (Fsp3) is 0.556. The summed E-state index contributed by atoms with van der Waals surface area (Å²) in [6, 6.07) is 11.6. The van der Waals surface area contributed by atoms with Gasteiger partial charge in [0, 0.05) is 55.8 Å². The lowest BCUT2D eigenvalue weighted by atomic mass is 9.88. The number of aliphatic imine (C=N–C) groups is 1. The van der Waals surface area contributed by atoms with Crippen molar-refractivity contribution in [3.8, 4) is 5.75 Å². The highest BCUT2D eigenvalue weighted by Crippen LogP contribution is 2.34. The van der Waals surface area contributed by atoms with Gasteiger partial charge in [-0.15, -0.1) is 11.8 Å². The topological polar surface area (TPSA) is 201 Å². The maximum atomic E-state index is 14.5. The molecule has 0 saturated carbocycles. The van der Waals surface area contributed by atoms with Crippen molar-refractivity contribution in [2.75, 3.05) is 85.0 Å². The highest BCUT2D eigenvalue weighted by molar-refractivity contribution is 8.14. The average Bonchev–Trinajstić information content (AvgIpc) is 4.19. The van der Waals surface area contributed by atoms with Crippen LogP contribution in [0.25, 0.3) is 5.65 Å². The van der Waals surface area contributed by atoms with E-state index < -0.39 is 23.9 Å². The second-order valence-corrected chi connectivity index (χ2v) is 21.0. The van der Waals surface area contributed by atoms with Gasteiger partial charge in [-0.2, -0.15) is 5.10 Å². The monoisotopic (exact) mass is 1040 g/mol. The Bertz CT molecular complexity index is 2640. The number of ether oxygens (including phenoxy) is 3. The molecule has 0 aliphatic carbocycles. The summed E-state index contributed by atoms with van der Waals surface area (Å²) in [6.07, 6.45) is 6.82. The molecule has 3 N–H and O–H groups in total. The first kappa shape index (κ1) is 54.5. The van der Waals surface area contributed by atoms with Crippen molar-refractivity contribution in [3.05, 3.63) is 94.7 Å². The molecule has 398 valence electrons. The number of amides is 4. The Kier molecular flexibility index (Phi) is 18.9. The van der Waals surface area contributed by atoms with Crippen molar-refractivity contribution in [3.63, 3.8) is 0 Å². The van der Waals surface area contributed by atoms with Crippen molar-refractivity contribution in [2.24, 2.45) is 10.9 Å². The minimum Gasteiger partial charge on any atom is -0.489 e. The molecule has 0 spiro atoms. The van der Waals surface area contributed by atoms with E-state index in [-0.39, 0.29) is 79.5 Å². The summed E-state index contributed by atoms with van der Waals surface area (Å²) in [7, 11) is 1.71. The van der Waals surface area contributed by atoms with E-state index in [1.54, 1.807) is 29.6 Å². The number of carbonyl (C=O) groups is 5. The molecule has 4 amide bonds. The molecule has 2 fully saturated rings. The number of thioether (sulfide) groups is 1. The van der Waals surface area contributed by atoms with E-state index >= 15 is 0 Å². The quantitative estimate of drug-likeness (QED) is 0.0828. The van der Waals surface area contributed by atoms with Crippen LogP contribution in [-0.2, 0) is 30.3 Å². The summed E-state index contributed by atoms with van der Waals surface area (Å²) < 4.78 is 33.2. The van der Waals surface area contributed by atoms with Crippen LogP contribution in [0, 0.1) is 18.7 Å². The molecule has 4 aliphatic rings. The van der Waals surface area contributed by atoms with Crippen LogP contribution >= 0.6 is 11.8 Å². The Morgan fingerprint density at radius 1 is 0.959 bits per heavy atom. The third-order valence-corrected chi connectivity index (χ3v) is 15.6. The van der Waals surface area contributed by atoms with Crippen LogP contribution in [0.15, 0.2) is 65.9 Å². The molecule has 20 heteroatoms. The first-order chi connectivity index (χ1) is 35.8. The van der Waals surface area contributed by atoms with E-state index in [2.05, 4.69) is 45.9 Å². The van der Waals surface area contributed by atoms with Crippen LogP contribution < -0.4 is 20.7 Å². The summed E-state index contributed by atoms with van der Waals surface area (Å²) >= 11 is 1.49. The molecule has 4 aromatic rings. The number of benzene rings is 2. The highest BCUT2D eigenvalue weighted by Gasteiger charge is 2.42. The van der Waals surface area contributed by atoms with Gasteiger partial charge in [-0.1, -0.05) is 24.6 Å². The number of nitrogens with one attached hydrogen (secondary N) is 3. The van der Waals surface area contributed by atoms with Crippen LogP contribution in [0.3, 0.4) is 0 Å². The zero-order valence-electron chi connectivity index (χ0n) is 43.2. The normalized spacial score (nSPS) is 21.5. The summed E-state index contributed by atoms with van der Waals surface area (Å²) in [5.74, 6) is -0.0633. The number of Topliss-reactive ketones (excluding diaryl/α,β-unsaturated/α-hetero) is 1. The molecular weight excluding hydrogens is 968 g/mol. The Labute approximate surface area is 436 Å². The second kappa shape index (κ2) is 25.6. The van der Waals surface area contributed by atoms with Crippen molar-refractivity contribution in [1.29, 1.82) is 0 Å². The van der Waals surface area contributed by atoms with Crippen molar-refractivity contribution < 1.29 is 42.6 Å². The molecule has 2 aromatic heterocycles. The molecule has 18 nitrogen and oxygen atoms in total. The number of ketones is 1. The van der Waals surface area contributed by atoms with Gasteiger partial charge < -0.3 is 44.9 Å². The number of carbonyl (C=O) groups excluding carboxylic acids is 5. The van der Waals surface area contributed by atoms with Gasteiger partial charge in [-0.25, -0.2) is 13.9 Å². The molecule has 2 saturated heterocycles. The summed E-state index contributed by atoms with van der Waals surface area (Å²) in [5.41, 5.74) is 4.37. The fourth-order valence-corrected chi connectivity index (χ4v) is 11.3. The Morgan fingerprint density at radius 2 is 1.73 bits per heavy atom. The van der Waals surface area contributed by atoms with Gasteiger partial charge in [-0.3, -0.25) is 29.0 Å². The number of likely N-dealkylation sites (tertiary alicyclic amines) is 2. The van der Waals surface area contributed by atoms with E-state index in [0.717, 1.165) is 53.5 Å². The number of fused-ring (bicyclic) bond motifs is 2. The average molecular weight is 1040 g/mol. The lowest BCUT2D eigenvalue weighted by molar-refractivity contribution is -0.138. The zero-order valence-corrected chi connectivity index (χ0v) is 44.0. The number of hydrogen-bond donors (Lipinski definition) is 3. The van der Waals surface area contributed by atoms with Crippen LogP contribution in [-0.4, -0.2) is 179 Å². The Balaban J connectivity index is 0.747. The van der Waals surface area contributed by atoms with Gasteiger partial charge in [0.15, 0.2) is 11.4 Å². The number of piperidine rings is 1. The largest absolute Gasteiger partial charge is 0.489 e. The predicted octanol–water partition coefficient (Wildman–Crippen LogP) is 4.48. The molecule has 2 bridgehead atoms. The Hall–Kier alpha value is -5.80. The molecule has 2 aromatic carbocycles. The van der Waals surface area contributed by atoms with E-state index in [1.165, 1.54) is 36.0 Å². The summed E-state index contributed by atoms with van der Waals surface area (Å²) in [4.78, 5) is 83.4. The number of aromatic nitrogens is 3. The van der Waals surface area contributed by atoms with E-state index in [0.29, 0.717) is 81.2 Å². The molecule has 6 atom stereocenters. The first-order valence-electron chi connectivity index (χ1n) is 26.1. The van der Waals surface area contributed by atoms with Gasteiger partial charge in [0.1, 0.15) is 35.3 Å². The van der Waals surface area contributed by atoms with Crippen molar-refractivity contribution in [2.45, 2.75) is 102 Å². The van der Waals surface area contributed by atoms with Gasteiger partial charge in [0.2, 0.25) is 17.7 Å². The highest BCUT2D eigenvalue weighted by atomic mass is 32.2. The molecule has 1 unspecified atom stereocenters. The van der Waals surface area contributed by atoms with E-state index in [9.17, 15) is 28.4 Å². The fourth-order valence-electron chi connectivity index (χ4n) is 10.1. The maximum Gasteiger partial charge on any atom is 0.259 e. The molecule has 0 radical (unpaired) electrons. The minimum atomic E-state index is -0.704. The molecule has 6 heterocycles. The number of hydrogen-bond acceptors (Lipinski definition) is 14. The molecule has 8 rings (SSSR count). The lowest BCUT2D eigenvalue weighted by Crippen LogP contribution is -2.58. The van der Waals surface area contributed by atoms with Crippen LogP contribution in [0.5, 0.6) is 5.75 Å². The maximum absolute atomic E-state index is 14.5. The van der Waals surface area contributed by atoms with Gasteiger partial charge in [0.05, 0.1) is 56.3 Å². The van der Waals surface area contributed by atoms with Crippen LogP contribution in [0.2, 0.25) is 0 Å². The van der Waals surface area contributed by atoms with Crippen molar-refractivity contribution in [1.82, 2.24) is 45.2 Å². The van der Waals surface area contributed by atoms with E-state index in [1.807, 2.05) is 36.2 Å². The number of nitrogens with zero attached hydrogens (tertiary/aromatic N) is 7. The summed E-state index contributed by atoms with van der Waals surface area (Å²) in [5, 5.41) is 14.2. The third kappa shape index (κ3) is 13.7. The van der Waals surface area contributed by atoms with Crippen molar-refractivity contribution >= 4 is 51.9 Å². The van der Waals surface area contributed by atoms with Gasteiger partial charge in [-0.05, 0) is 127 Å². The molecule has 74 heavy (non-hydrogen) atoms. The number of halogens is 1. The molecule has 4 aliphatic heterocycles. The molecular formula is C54H71FN10O8S. The first-order valence-corrected chi connectivity index (χ1v) is 27.1. The van der Waals surface area contributed by atoms with Gasteiger partial charge in [0.25, 0.3) is 5.91 Å². The SMILES string of the molecule is CN[C@@H](C)C(=O)N[C@H](C(=O)N1CCC[C@H]1C1=NC(C(=O)c2ccc(F)cc2)CS1)C1CCN(CCOCCOCCC(=O)NCCN2C[C@H](C)Oc3ccc(C)cc3[C@@H](C)Cc3ccn4ncc(c4n3)C2=O)CC1. The van der Waals surface area contributed by atoms with E-state index in [4.69, 9.17) is 24.2 Å². The number of likely N-dealkylation sites (N-methyl/N-ethyl adjacent to an activating group) is 1. The predicted molar refractivity (Wildman–Crippen MR) is 280 cm³/mol. The summed E-state index contributed by atoms with van der Waals surface area (Å²) in [6.45, 7) is 12.8. The Morgan fingerprint density at radius 3 is 2.50 bits per heavy atom. The second-order valence-electron chi connectivity index (χ2n) is 19.9. The number of rotatable bonds is 20. The lowest BCUT2D eigenvalue weighted by Gasteiger charge is -2.38. The number of aryl methyl sites for hydroxylation is 1. The smallest absolute Gasteiger partial charge is 0.259 e. The third-order valence-electron chi connectivity index (χ3n) is 14.5.